The Balaban J connectivity index is 1.43. The molecule has 2 N–H and O–H groups in total. The Kier molecular flexibility index (Phi) is 5.89. The Morgan fingerprint density at radius 2 is 1.88 bits per heavy atom. The van der Waals surface area contributed by atoms with Crippen LogP contribution in [0.3, 0.4) is 0 Å². The molecule has 0 spiro atoms. The second kappa shape index (κ2) is 8.52. The van der Waals surface area contributed by atoms with Crippen molar-refractivity contribution in [1.82, 2.24) is 5.32 Å². The van der Waals surface area contributed by atoms with Gasteiger partial charge in [-0.2, -0.15) is 0 Å². The Morgan fingerprint density at radius 1 is 1.12 bits per heavy atom. The zero-order valence-corrected chi connectivity index (χ0v) is 14.9. The molecule has 0 aromatic heterocycles. The third kappa shape index (κ3) is 5.34. The van der Waals surface area contributed by atoms with Crippen LogP contribution in [-0.2, 0) is 9.59 Å². The van der Waals surface area contributed by atoms with Crippen molar-refractivity contribution in [3.63, 3.8) is 0 Å². The van der Waals surface area contributed by atoms with Crippen LogP contribution >= 0.6 is 0 Å². The SMILES string of the molecule is CC(CNC(=O)COc1cccc(NC(=O)C2CC2)c1)c1ccccc1. The van der Waals surface area contributed by atoms with Crippen LogP contribution in [0.1, 0.15) is 31.2 Å². The largest absolute Gasteiger partial charge is 0.484 e. The van der Waals surface area contributed by atoms with Gasteiger partial charge in [-0.1, -0.05) is 43.3 Å². The highest BCUT2D eigenvalue weighted by Crippen LogP contribution is 2.30. The van der Waals surface area contributed by atoms with Crippen LogP contribution in [-0.4, -0.2) is 25.0 Å². The highest BCUT2D eigenvalue weighted by molar-refractivity contribution is 5.94. The zero-order valence-electron chi connectivity index (χ0n) is 14.9. The molecular weight excluding hydrogens is 328 g/mol. The van der Waals surface area contributed by atoms with Gasteiger partial charge in [0.1, 0.15) is 5.75 Å². The lowest BCUT2D eigenvalue weighted by Gasteiger charge is -2.13. The van der Waals surface area contributed by atoms with Gasteiger partial charge >= 0.3 is 0 Å². The van der Waals surface area contributed by atoms with Crippen molar-refractivity contribution in [2.24, 2.45) is 5.92 Å². The molecule has 0 bridgehead atoms. The summed E-state index contributed by atoms with van der Waals surface area (Å²) >= 11 is 0. The molecule has 3 rings (SSSR count). The topological polar surface area (TPSA) is 67.4 Å². The van der Waals surface area contributed by atoms with Crippen molar-refractivity contribution >= 4 is 17.5 Å². The third-order valence-electron chi connectivity index (χ3n) is 4.39. The number of hydrogen-bond acceptors (Lipinski definition) is 3. The van der Waals surface area contributed by atoms with Crippen LogP contribution in [0.2, 0.25) is 0 Å². The van der Waals surface area contributed by atoms with Crippen LogP contribution < -0.4 is 15.4 Å². The monoisotopic (exact) mass is 352 g/mol. The molecule has 136 valence electrons. The molecule has 1 aliphatic carbocycles. The first-order valence-corrected chi connectivity index (χ1v) is 8.97. The van der Waals surface area contributed by atoms with E-state index in [-0.39, 0.29) is 30.3 Å². The molecule has 5 heteroatoms. The summed E-state index contributed by atoms with van der Waals surface area (Å²) in [5, 5.41) is 5.76. The van der Waals surface area contributed by atoms with E-state index in [2.05, 4.69) is 29.7 Å². The molecule has 1 fully saturated rings. The third-order valence-corrected chi connectivity index (χ3v) is 4.39. The maximum absolute atomic E-state index is 12.0. The average Bonchev–Trinajstić information content (AvgIpc) is 3.51. The van der Waals surface area contributed by atoms with E-state index < -0.39 is 0 Å². The van der Waals surface area contributed by atoms with Crippen molar-refractivity contribution in [3.8, 4) is 5.75 Å². The number of carbonyl (C=O) groups excluding carboxylic acids is 2. The lowest BCUT2D eigenvalue weighted by molar-refractivity contribution is -0.123. The minimum atomic E-state index is -0.166. The molecule has 0 saturated heterocycles. The summed E-state index contributed by atoms with van der Waals surface area (Å²) in [7, 11) is 0. The molecule has 0 heterocycles. The molecule has 1 atom stereocenters. The fraction of sp³-hybridized carbons (Fsp3) is 0.333. The van der Waals surface area contributed by atoms with Gasteiger partial charge in [-0.05, 0) is 36.5 Å². The molecule has 0 aliphatic heterocycles. The molecule has 2 aromatic rings. The number of rotatable bonds is 8. The Bertz CT molecular complexity index is 757. The van der Waals surface area contributed by atoms with Gasteiger partial charge in [-0.25, -0.2) is 0 Å². The summed E-state index contributed by atoms with van der Waals surface area (Å²) in [5.41, 5.74) is 1.88. The number of nitrogens with one attached hydrogen (secondary N) is 2. The number of carbonyl (C=O) groups is 2. The molecule has 2 amide bonds. The number of amides is 2. The van der Waals surface area contributed by atoms with Gasteiger partial charge in [-0.3, -0.25) is 9.59 Å². The van der Waals surface area contributed by atoms with E-state index in [0.29, 0.717) is 18.0 Å². The number of hydrogen-bond donors (Lipinski definition) is 2. The average molecular weight is 352 g/mol. The lowest BCUT2D eigenvalue weighted by Crippen LogP contribution is -2.31. The van der Waals surface area contributed by atoms with Gasteiger partial charge in [0.15, 0.2) is 6.61 Å². The molecule has 1 aliphatic rings. The van der Waals surface area contributed by atoms with E-state index in [4.69, 9.17) is 4.74 Å². The molecule has 1 saturated carbocycles. The van der Waals surface area contributed by atoms with Crippen LogP contribution in [0.15, 0.2) is 54.6 Å². The van der Waals surface area contributed by atoms with E-state index in [0.717, 1.165) is 12.8 Å². The Hall–Kier alpha value is -2.82. The van der Waals surface area contributed by atoms with E-state index in [1.165, 1.54) is 5.56 Å². The quantitative estimate of drug-likeness (QED) is 0.766. The van der Waals surface area contributed by atoms with Gasteiger partial charge in [-0.15, -0.1) is 0 Å². The second-order valence-corrected chi connectivity index (χ2v) is 6.70. The minimum Gasteiger partial charge on any atom is -0.484 e. The Labute approximate surface area is 153 Å². The van der Waals surface area contributed by atoms with Crippen molar-refractivity contribution in [2.45, 2.75) is 25.7 Å². The van der Waals surface area contributed by atoms with Crippen LogP contribution in [0.5, 0.6) is 5.75 Å². The predicted octanol–water partition coefficient (Wildman–Crippen LogP) is 3.33. The van der Waals surface area contributed by atoms with E-state index >= 15 is 0 Å². The smallest absolute Gasteiger partial charge is 0.257 e. The van der Waals surface area contributed by atoms with E-state index in [1.807, 2.05) is 24.3 Å². The summed E-state index contributed by atoms with van der Waals surface area (Å²) in [6.07, 6.45) is 1.92. The molecular formula is C21H24N2O3. The molecule has 0 radical (unpaired) electrons. The number of benzene rings is 2. The lowest BCUT2D eigenvalue weighted by atomic mass is 10.0. The minimum absolute atomic E-state index is 0.0507. The Morgan fingerprint density at radius 3 is 2.62 bits per heavy atom. The van der Waals surface area contributed by atoms with Gasteiger partial charge in [0.25, 0.3) is 5.91 Å². The predicted molar refractivity (Wildman–Crippen MR) is 101 cm³/mol. The highest BCUT2D eigenvalue weighted by atomic mass is 16.5. The fourth-order valence-corrected chi connectivity index (χ4v) is 2.62. The first-order valence-electron chi connectivity index (χ1n) is 8.97. The molecule has 2 aromatic carbocycles. The summed E-state index contributed by atoms with van der Waals surface area (Å²) in [6.45, 7) is 2.58. The van der Waals surface area contributed by atoms with Crippen LogP contribution in [0.4, 0.5) is 5.69 Å². The zero-order chi connectivity index (χ0) is 18.4. The number of anilines is 1. The van der Waals surface area contributed by atoms with Crippen molar-refractivity contribution in [3.05, 3.63) is 60.2 Å². The summed E-state index contributed by atoms with van der Waals surface area (Å²) in [6, 6.07) is 17.2. The number of ether oxygens (including phenoxy) is 1. The fourth-order valence-electron chi connectivity index (χ4n) is 2.62. The van der Waals surface area contributed by atoms with Gasteiger partial charge in [0.2, 0.25) is 5.91 Å². The van der Waals surface area contributed by atoms with E-state index in [1.54, 1.807) is 18.2 Å². The van der Waals surface area contributed by atoms with Crippen molar-refractivity contribution in [1.29, 1.82) is 0 Å². The summed E-state index contributed by atoms with van der Waals surface area (Å²) in [4.78, 5) is 23.8. The van der Waals surface area contributed by atoms with E-state index in [9.17, 15) is 9.59 Å². The highest BCUT2D eigenvalue weighted by Gasteiger charge is 2.29. The normalized spacial score (nSPS) is 14.3. The standard InChI is InChI=1S/C21H24N2O3/c1-15(16-6-3-2-4-7-16)13-22-20(24)14-26-19-9-5-8-18(12-19)23-21(25)17-10-11-17/h2-9,12,15,17H,10-11,13-14H2,1H3,(H,22,24)(H,23,25). The van der Waals surface area contributed by atoms with Gasteiger partial charge < -0.3 is 15.4 Å². The van der Waals surface area contributed by atoms with Crippen LogP contribution in [0.25, 0.3) is 0 Å². The second-order valence-electron chi connectivity index (χ2n) is 6.70. The van der Waals surface area contributed by atoms with Crippen LogP contribution in [0, 0.1) is 5.92 Å². The first-order chi connectivity index (χ1) is 12.6. The first kappa shape index (κ1) is 18.0. The molecule has 26 heavy (non-hydrogen) atoms. The summed E-state index contributed by atoms with van der Waals surface area (Å²) < 4.78 is 5.54. The van der Waals surface area contributed by atoms with Crippen molar-refractivity contribution < 1.29 is 14.3 Å². The molecule has 1 unspecified atom stereocenters. The summed E-state index contributed by atoms with van der Waals surface area (Å²) in [5.74, 6) is 0.831. The molecule has 5 nitrogen and oxygen atoms in total. The van der Waals surface area contributed by atoms with Gasteiger partial charge in [0, 0.05) is 24.2 Å². The van der Waals surface area contributed by atoms with Crippen molar-refractivity contribution in [2.75, 3.05) is 18.5 Å². The maximum Gasteiger partial charge on any atom is 0.257 e. The van der Waals surface area contributed by atoms with Gasteiger partial charge in [0.05, 0.1) is 0 Å². The maximum atomic E-state index is 12.0.